The number of nitrogens with zero attached hydrogens (tertiary/aromatic N) is 1. The van der Waals surface area contributed by atoms with Gasteiger partial charge in [-0.05, 0) is 65.9 Å². The van der Waals surface area contributed by atoms with Gasteiger partial charge in [-0.1, -0.05) is 68.5 Å². The molecular weight excluding hydrogens is 491 g/mol. The van der Waals surface area contributed by atoms with Crippen molar-refractivity contribution in [2.45, 2.75) is 38.8 Å². The van der Waals surface area contributed by atoms with Crippen molar-refractivity contribution in [2.75, 3.05) is 11.9 Å². The van der Waals surface area contributed by atoms with Gasteiger partial charge < -0.3 is 14.6 Å². The summed E-state index contributed by atoms with van der Waals surface area (Å²) in [5.74, 6) is -0.648. The SMILES string of the molecule is CC(C)c1c(C(=O)Nc2ccccc2)c(-c2ccccc2)c(-c2ccc(F)cc2)n1CC[C@@H]1OCC=CC1=O. The first-order valence-corrected chi connectivity index (χ1v) is 13.2. The number of carbonyl (C=O) groups is 2. The number of nitrogens with one attached hydrogen (secondary N) is 1. The Bertz CT molecular complexity index is 1490. The molecule has 0 radical (unpaired) electrons. The molecule has 1 aliphatic rings. The van der Waals surface area contributed by atoms with Crippen LogP contribution in [0.5, 0.6) is 0 Å². The highest BCUT2D eigenvalue weighted by atomic mass is 19.1. The normalized spacial score (nSPS) is 15.1. The van der Waals surface area contributed by atoms with Gasteiger partial charge in [-0.3, -0.25) is 9.59 Å². The fourth-order valence-corrected chi connectivity index (χ4v) is 5.21. The zero-order valence-corrected chi connectivity index (χ0v) is 22.1. The van der Waals surface area contributed by atoms with Crippen molar-refractivity contribution in [2.24, 2.45) is 0 Å². The van der Waals surface area contributed by atoms with Gasteiger partial charge in [0.1, 0.15) is 11.9 Å². The summed E-state index contributed by atoms with van der Waals surface area (Å²) in [5, 5.41) is 3.08. The Morgan fingerprint density at radius 2 is 1.64 bits per heavy atom. The summed E-state index contributed by atoms with van der Waals surface area (Å²) >= 11 is 0. The van der Waals surface area contributed by atoms with Crippen LogP contribution in [0.3, 0.4) is 0 Å². The van der Waals surface area contributed by atoms with Gasteiger partial charge in [0.2, 0.25) is 0 Å². The second-order valence-electron chi connectivity index (χ2n) is 9.90. The molecule has 0 spiro atoms. The summed E-state index contributed by atoms with van der Waals surface area (Å²) in [6.45, 7) is 4.95. The van der Waals surface area contributed by atoms with Gasteiger partial charge in [0.25, 0.3) is 5.91 Å². The Kier molecular flexibility index (Phi) is 7.84. The molecule has 5 nitrogen and oxygen atoms in total. The minimum Gasteiger partial charge on any atom is -0.366 e. The molecule has 198 valence electrons. The highest BCUT2D eigenvalue weighted by molar-refractivity contribution is 6.12. The van der Waals surface area contributed by atoms with Crippen molar-refractivity contribution in [3.63, 3.8) is 0 Å². The largest absolute Gasteiger partial charge is 0.366 e. The Morgan fingerprint density at radius 3 is 2.28 bits per heavy atom. The molecule has 1 N–H and O–H groups in total. The molecule has 1 atom stereocenters. The fraction of sp³-hybridized carbons (Fsp3) is 0.212. The van der Waals surface area contributed by atoms with Crippen molar-refractivity contribution in [1.29, 1.82) is 0 Å². The third-order valence-corrected chi connectivity index (χ3v) is 6.90. The van der Waals surface area contributed by atoms with Crippen LogP contribution < -0.4 is 5.32 Å². The van der Waals surface area contributed by atoms with Gasteiger partial charge in [-0.25, -0.2) is 4.39 Å². The van der Waals surface area contributed by atoms with Crippen LogP contribution in [0.4, 0.5) is 10.1 Å². The maximum Gasteiger partial charge on any atom is 0.258 e. The zero-order chi connectivity index (χ0) is 27.4. The average Bonchev–Trinajstić information content (AvgIpc) is 3.29. The number of carbonyl (C=O) groups excluding carboxylic acids is 2. The van der Waals surface area contributed by atoms with Gasteiger partial charge in [0.05, 0.1) is 17.9 Å². The smallest absolute Gasteiger partial charge is 0.258 e. The van der Waals surface area contributed by atoms with Crippen LogP contribution >= 0.6 is 0 Å². The third-order valence-electron chi connectivity index (χ3n) is 6.90. The van der Waals surface area contributed by atoms with Crippen LogP contribution in [0.25, 0.3) is 22.4 Å². The molecule has 6 heteroatoms. The number of ether oxygens (including phenoxy) is 1. The van der Waals surface area contributed by atoms with E-state index in [1.807, 2.05) is 60.7 Å². The van der Waals surface area contributed by atoms with E-state index in [1.54, 1.807) is 24.3 Å². The standard InChI is InChI=1S/C33H31FN2O3/c1-22(2)31-30(33(38)35-26-12-7-4-8-13-26)29(23-10-5-3-6-11-23)32(24-15-17-25(34)18-16-24)36(31)20-19-28-27(37)14-9-21-39-28/h3-18,22,28H,19-21H2,1-2H3,(H,35,38)/t28-/m0/s1. The van der Waals surface area contributed by atoms with E-state index in [-0.39, 0.29) is 23.4 Å². The molecule has 0 unspecified atom stereocenters. The lowest BCUT2D eigenvalue weighted by atomic mass is 9.94. The first-order valence-electron chi connectivity index (χ1n) is 13.2. The number of ketones is 1. The lowest BCUT2D eigenvalue weighted by molar-refractivity contribution is -0.126. The summed E-state index contributed by atoms with van der Waals surface area (Å²) in [6.07, 6.45) is 3.18. The minimum absolute atomic E-state index is 0.0268. The van der Waals surface area contributed by atoms with Gasteiger partial charge in [0, 0.05) is 23.5 Å². The molecule has 2 heterocycles. The van der Waals surface area contributed by atoms with E-state index < -0.39 is 6.10 Å². The molecule has 1 aromatic heterocycles. The van der Waals surface area contributed by atoms with Gasteiger partial charge >= 0.3 is 0 Å². The Labute approximate surface area is 227 Å². The summed E-state index contributed by atoms with van der Waals surface area (Å²) in [5.41, 5.74) is 5.35. The summed E-state index contributed by atoms with van der Waals surface area (Å²) in [7, 11) is 0. The predicted molar refractivity (Wildman–Crippen MR) is 152 cm³/mol. The molecule has 0 saturated heterocycles. The average molecular weight is 523 g/mol. The van der Waals surface area contributed by atoms with E-state index >= 15 is 0 Å². The number of halogens is 1. The van der Waals surface area contributed by atoms with Crippen molar-refractivity contribution in [1.82, 2.24) is 4.57 Å². The molecule has 0 aliphatic carbocycles. The number of aromatic nitrogens is 1. The molecule has 0 saturated carbocycles. The third kappa shape index (κ3) is 5.61. The Morgan fingerprint density at radius 1 is 0.974 bits per heavy atom. The number of hydrogen-bond donors (Lipinski definition) is 1. The fourth-order valence-electron chi connectivity index (χ4n) is 5.21. The van der Waals surface area contributed by atoms with Crippen LogP contribution in [0.15, 0.2) is 97.1 Å². The van der Waals surface area contributed by atoms with E-state index in [9.17, 15) is 14.0 Å². The monoisotopic (exact) mass is 522 g/mol. The van der Waals surface area contributed by atoms with Crippen molar-refractivity contribution in [3.8, 4) is 22.4 Å². The highest BCUT2D eigenvalue weighted by Crippen LogP contribution is 2.42. The van der Waals surface area contributed by atoms with E-state index in [4.69, 9.17) is 4.74 Å². The molecule has 0 fully saturated rings. The zero-order valence-electron chi connectivity index (χ0n) is 22.1. The summed E-state index contributed by atoms with van der Waals surface area (Å²) < 4.78 is 21.9. The number of rotatable bonds is 8. The van der Waals surface area contributed by atoms with Crippen molar-refractivity contribution < 1.29 is 18.7 Å². The van der Waals surface area contributed by atoms with Crippen LogP contribution in [0.2, 0.25) is 0 Å². The second-order valence-corrected chi connectivity index (χ2v) is 9.90. The molecule has 39 heavy (non-hydrogen) atoms. The van der Waals surface area contributed by atoms with E-state index in [0.717, 1.165) is 28.1 Å². The number of hydrogen-bond acceptors (Lipinski definition) is 3. The number of amides is 1. The molecule has 4 aromatic rings. The first kappa shape index (κ1) is 26.3. The molecule has 0 bridgehead atoms. The second kappa shape index (κ2) is 11.6. The first-order chi connectivity index (χ1) is 18.9. The Hall–Kier alpha value is -4.29. The molecule has 1 amide bonds. The molecular formula is C33H31FN2O3. The van der Waals surface area contributed by atoms with Crippen molar-refractivity contribution >= 4 is 17.4 Å². The number of benzene rings is 3. The maximum absolute atomic E-state index is 14.1. The molecule has 3 aromatic carbocycles. The Balaban J connectivity index is 1.74. The van der Waals surface area contributed by atoms with Gasteiger partial charge in [0.15, 0.2) is 5.78 Å². The van der Waals surface area contributed by atoms with Gasteiger partial charge in [-0.15, -0.1) is 0 Å². The lowest BCUT2D eigenvalue weighted by Crippen LogP contribution is -2.28. The number of para-hydroxylation sites is 1. The highest BCUT2D eigenvalue weighted by Gasteiger charge is 2.31. The summed E-state index contributed by atoms with van der Waals surface area (Å²) in [4.78, 5) is 26.6. The van der Waals surface area contributed by atoms with E-state index in [1.165, 1.54) is 12.1 Å². The van der Waals surface area contributed by atoms with Gasteiger partial charge in [-0.2, -0.15) is 0 Å². The van der Waals surface area contributed by atoms with Crippen molar-refractivity contribution in [3.05, 3.63) is 114 Å². The van der Waals surface area contributed by atoms with Crippen LogP contribution in [-0.2, 0) is 16.1 Å². The predicted octanol–water partition coefficient (Wildman–Crippen LogP) is 7.25. The van der Waals surface area contributed by atoms with E-state index in [2.05, 4.69) is 23.7 Å². The van der Waals surface area contributed by atoms with Crippen LogP contribution in [-0.4, -0.2) is 29.0 Å². The molecule has 1 aliphatic heterocycles. The minimum atomic E-state index is -0.555. The topological polar surface area (TPSA) is 60.3 Å². The molecule has 5 rings (SSSR count). The quantitative estimate of drug-likeness (QED) is 0.265. The van der Waals surface area contributed by atoms with Crippen LogP contribution in [0.1, 0.15) is 42.2 Å². The summed E-state index contributed by atoms with van der Waals surface area (Å²) in [6, 6.07) is 25.5. The van der Waals surface area contributed by atoms with E-state index in [0.29, 0.717) is 30.8 Å². The van der Waals surface area contributed by atoms with Crippen LogP contribution in [0, 0.1) is 5.82 Å². The maximum atomic E-state index is 14.1. The number of anilines is 1. The lowest BCUT2D eigenvalue weighted by Gasteiger charge is -2.21.